The Morgan fingerprint density at radius 1 is 1.12 bits per heavy atom. The maximum atomic E-state index is 13.5. The van der Waals surface area contributed by atoms with Gasteiger partial charge in [-0.2, -0.15) is 0 Å². The van der Waals surface area contributed by atoms with E-state index in [1.807, 2.05) is 26.0 Å². The number of hydrogen-bond acceptors (Lipinski definition) is 4. The Bertz CT molecular complexity index is 776. The van der Waals surface area contributed by atoms with Crippen LogP contribution in [0.25, 0.3) is 0 Å². The molecule has 0 bridgehead atoms. The van der Waals surface area contributed by atoms with E-state index < -0.39 is 23.8 Å². The summed E-state index contributed by atoms with van der Waals surface area (Å²) < 4.78 is 23.9. The molecule has 0 aromatic heterocycles. The summed E-state index contributed by atoms with van der Waals surface area (Å²) in [5.41, 5.74) is 2.19. The molecule has 0 aliphatic heterocycles. The van der Waals surface area contributed by atoms with Gasteiger partial charge in [0.05, 0.1) is 5.69 Å². The zero-order valence-electron chi connectivity index (χ0n) is 14.3. The van der Waals surface area contributed by atoms with E-state index in [-0.39, 0.29) is 12.3 Å². The first-order chi connectivity index (χ1) is 11.9. The van der Waals surface area contributed by atoms with Crippen LogP contribution in [0.15, 0.2) is 42.5 Å². The molecule has 1 N–H and O–H groups in total. The van der Waals surface area contributed by atoms with Crippen LogP contribution in [0.1, 0.15) is 18.1 Å². The van der Waals surface area contributed by atoms with E-state index in [0.29, 0.717) is 5.75 Å². The van der Waals surface area contributed by atoms with E-state index in [1.165, 1.54) is 25.1 Å². The summed E-state index contributed by atoms with van der Waals surface area (Å²) in [6.07, 6.45) is -1.07. The van der Waals surface area contributed by atoms with Crippen molar-refractivity contribution in [3.63, 3.8) is 0 Å². The van der Waals surface area contributed by atoms with Gasteiger partial charge in [0.15, 0.2) is 12.7 Å². The normalized spacial score (nSPS) is 11.5. The number of nitrogens with one attached hydrogen (secondary N) is 1. The van der Waals surface area contributed by atoms with E-state index in [0.717, 1.165) is 11.1 Å². The lowest BCUT2D eigenvalue weighted by molar-refractivity contribution is -0.155. The van der Waals surface area contributed by atoms with Crippen LogP contribution in [0, 0.1) is 19.7 Å². The first kappa shape index (κ1) is 18.4. The molecule has 0 heterocycles. The zero-order valence-corrected chi connectivity index (χ0v) is 14.3. The first-order valence-electron chi connectivity index (χ1n) is 7.81. The van der Waals surface area contributed by atoms with E-state index in [4.69, 9.17) is 9.47 Å². The van der Waals surface area contributed by atoms with Gasteiger partial charge in [0.25, 0.3) is 5.91 Å². The van der Waals surface area contributed by atoms with Crippen LogP contribution in [0.2, 0.25) is 0 Å². The molecule has 5 nitrogen and oxygen atoms in total. The topological polar surface area (TPSA) is 64.6 Å². The number of amides is 1. The number of carbonyl (C=O) groups is 2. The van der Waals surface area contributed by atoms with Crippen LogP contribution < -0.4 is 10.1 Å². The number of esters is 1. The molecule has 0 radical (unpaired) electrons. The van der Waals surface area contributed by atoms with Gasteiger partial charge in [-0.15, -0.1) is 0 Å². The predicted molar refractivity (Wildman–Crippen MR) is 92.0 cm³/mol. The number of para-hydroxylation sites is 1. The molecule has 0 saturated carbocycles. The highest BCUT2D eigenvalue weighted by Crippen LogP contribution is 2.16. The molecule has 0 aliphatic carbocycles. The smallest absolute Gasteiger partial charge is 0.344 e. The van der Waals surface area contributed by atoms with E-state index in [1.54, 1.807) is 12.1 Å². The SMILES string of the molecule is Cc1ccc(OCC(=O)O[C@@H](C)C(=O)Nc2ccccc2F)cc1C. The van der Waals surface area contributed by atoms with Crippen LogP contribution in [0.3, 0.4) is 0 Å². The minimum atomic E-state index is -1.07. The fraction of sp³-hybridized carbons (Fsp3) is 0.263. The second kappa shape index (κ2) is 8.28. The van der Waals surface area contributed by atoms with Gasteiger partial charge < -0.3 is 14.8 Å². The summed E-state index contributed by atoms with van der Waals surface area (Å²) >= 11 is 0. The Balaban J connectivity index is 1.83. The number of aryl methyl sites for hydroxylation is 2. The van der Waals surface area contributed by atoms with Crippen LogP contribution in [-0.2, 0) is 14.3 Å². The minimum Gasteiger partial charge on any atom is -0.482 e. The molecule has 0 spiro atoms. The summed E-state index contributed by atoms with van der Waals surface area (Å²) in [6, 6.07) is 11.2. The standard InChI is InChI=1S/C19H20FNO4/c1-12-8-9-15(10-13(12)2)24-11-18(22)25-14(3)19(23)21-17-7-5-4-6-16(17)20/h4-10,14H,11H2,1-3H3,(H,21,23)/t14-/m0/s1. The molecule has 132 valence electrons. The van der Waals surface area contributed by atoms with Crippen molar-refractivity contribution >= 4 is 17.6 Å². The van der Waals surface area contributed by atoms with Gasteiger partial charge in [-0.05, 0) is 56.2 Å². The molecule has 0 unspecified atom stereocenters. The Morgan fingerprint density at radius 2 is 1.84 bits per heavy atom. The van der Waals surface area contributed by atoms with Crippen molar-refractivity contribution in [1.29, 1.82) is 0 Å². The van der Waals surface area contributed by atoms with E-state index in [2.05, 4.69) is 5.32 Å². The third-order valence-corrected chi connectivity index (χ3v) is 3.64. The molecular formula is C19H20FNO4. The van der Waals surface area contributed by atoms with Crippen molar-refractivity contribution in [1.82, 2.24) is 0 Å². The number of hydrogen-bond donors (Lipinski definition) is 1. The average Bonchev–Trinajstić information content (AvgIpc) is 2.58. The maximum absolute atomic E-state index is 13.5. The number of rotatable bonds is 6. The number of carbonyl (C=O) groups excluding carboxylic acids is 2. The molecule has 2 aromatic rings. The summed E-state index contributed by atoms with van der Waals surface area (Å²) in [6.45, 7) is 5.00. The van der Waals surface area contributed by atoms with Crippen molar-refractivity contribution in [3.8, 4) is 5.75 Å². The number of anilines is 1. The zero-order chi connectivity index (χ0) is 18.4. The van der Waals surface area contributed by atoms with Gasteiger partial charge >= 0.3 is 5.97 Å². The molecule has 1 atom stereocenters. The Kier molecular flexibility index (Phi) is 6.11. The van der Waals surface area contributed by atoms with Gasteiger partial charge in [0.2, 0.25) is 0 Å². The summed E-state index contributed by atoms with van der Waals surface area (Å²) in [4.78, 5) is 23.8. The number of ether oxygens (including phenoxy) is 2. The quantitative estimate of drug-likeness (QED) is 0.815. The highest BCUT2D eigenvalue weighted by Gasteiger charge is 2.19. The van der Waals surface area contributed by atoms with Gasteiger partial charge in [-0.1, -0.05) is 18.2 Å². The van der Waals surface area contributed by atoms with Crippen molar-refractivity contribution in [2.75, 3.05) is 11.9 Å². The van der Waals surface area contributed by atoms with Gasteiger partial charge in [0.1, 0.15) is 11.6 Å². The Morgan fingerprint density at radius 3 is 2.52 bits per heavy atom. The highest BCUT2D eigenvalue weighted by molar-refractivity contribution is 5.95. The Hall–Kier alpha value is -2.89. The van der Waals surface area contributed by atoms with Crippen LogP contribution in [0.4, 0.5) is 10.1 Å². The monoisotopic (exact) mass is 345 g/mol. The lowest BCUT2D eigenvalue weighted by atomic mass is 10.1. The lowest BCUT2D eigenvalue weighted by Gasteiger charge is -2.14. The largest absolute Gasteiger partial charge is 0.482 e. The highest BCUT2D eigenvalue weighted by atomic mass is 19.1. The van der Waals surface area contributed by atoms with Gasteiger partial charge in [-0.25, -0.2) is 9.18 Å². The Labute approximate surface area is 145 Å². The van der Waals surface area contributed by atoms with Gasteiger partial charge in [-0.3, -0.25) is 4.79 Å². The fourth-order valence-corrected chi connectivity index (χ4v) is 2.03. The molecule has 0 saturated heterocycles. The number of benzene rings is 2. The average molecular weight is 345 g/mol. The third kappa shape index (κ3) is 5.31. The van der Waals surface area contributed by atoms with Crippen LogP contribution in [-0.4, -0.2) is 24.6 Å². The molecule has 2 aromatic carbocycles. The summed E-state index contributed by atoms with van der Waals surface area (Å²) in [5.74, 6) is -1.32. The molecule has 6 heteroatoms. The minimum absolute atomic E-state index is 0.0294. The first-order valence-corrected chi connectivity index (χ1v) is 7.81. The second-order valence-electron chi connectivity index (χ2n) is 5.64. The molecular weight excluding hydrogens is 325 g/mol. The molecule has 2 rings (SSSR count). The van der Waals surface area contributed by atoms with Crippen LogP contribution in [0.5, 0.6) is 5.75 Å². The van der Waals surface area contributed by atoms with Crippen LogP contribution >= 0.6 is 0 Å². The molecule has 0 fully saturated rings. The third-order valence-electron chi connectivity index (χ3n) is 3.64. The summed E-state index contributed by atoms with van der Waals surface area (Å²) in [7, 11) is 0. The fourth-order valence-electron chi connectivity index (χ4n) is 2.03. The molecule has 0 aliphatic rings. The van der Waals surface area contributed by atoms with E-state index in [9.17, 15) is 14.0 Å². The van der Waals surface area contributed by atoms with Crippen molar-refractivity contribution < 1.29 is 23.5 Å². The van der Waals surface area contributed by atoms with Crippen molar-refractivity contribution in [3.05, 3.63) is 59.4 Å². The maximum Gasteiger partial charge on any atom is 0.344 e. The van der Waals surface area contributed by atoms with E-state index >= 15 is 0 Å². The number of halogens is 1. The second-order valence-corrected chi connectivity index (χ2v) is 5.64. The molecule has 1 amide bonds. The predicted octanol–water partition coefficient (Wildman–Crippen LogP) is 3.39. The van der Waals surface area contributed by atoms with Crippen molar-refractivity contribution in [2.45, 2.75) is 26.9 Å². The molecule has 25 heavy (non-hydrogen) atoms. The van der Waals surface area contributed by atoms with Gasteiger partial charge in [0, 0.05) is 0 Å². The lowest BCUT2D eigenvalue weighted by Crippen LogP contribution is -2.31. The van der Waals surface area contributed by atoms with Crippen molar-refractivity contribution in [2.24, 2.45) is 0 Å². The summed E-state index contributed by atoms with van der Waals surface area (Å²) in [5, 5.41) is 2.37.